The second kappa shape index (κ2) is 10.6. The Labute approximate surface area is 153 Å². The Morgan fingerprint density at radius 2 is 1.72 bits per heavy atom. The van der Waals surface area contributed by atoms with Crippen molar-refractivity contribution in [3.8, 4) is 5.75 Å². The molecule has 2 aromatic carbocycles. The molecule has 0 N–H and O–H groups in total. The quantitative estimate of drug-likeness (QED) is 0.326. The zero-order valence-electron chi connectivity index (χ0n) is 13.9. The maximum atomic E-state index is 13.0. The molecule has 0 aliphatic rings. The van der Waals surface area contributed by atoms with Crippen LogP contribution in [0.15, 0.2) is 48.5 Å². The lowest BCUT2D eigenvalue weighted by Gasteiger charge is -2.17. The summed E-state index contributed by atoms with van der Waals surface area (Å²) in [6.07, 6.45) is 0. The third-order valence-corrected chi connectivity index (χ3v) is 3.67. The molecule has 0 aliphatic heterocycles. The fraction of sp³-hybridized carbons (Fsp3) is 0.222. The molecule has 2 unspecified atom stereocenters. The Morgan fingerprint density at radius 1 is 1.08 bits per heavy atom. The molecule has 0 bridgehead atoms. The van der Waals surface area contributed by atoms with Crippen molar-refractivity contribution in [2.24, 2.45) is 0 Å². The van der Waals surface area contributed by atoms with E-state index in [4.69, 9.17) is 25.6 Å². The first-order valence-corrected chi connectivity index (χ1v) is 8.27. The largest absolute Gasteiger partial charge is 0.496 e. The molecule has 0 amide bonds. The van der Waals surface area contributed by atoms with Crippen LogP contribution in [0, 0.1) is 0 Å². The van der Waals surface area contributed by atoms with Crippen LogP contribution in [0.2, 0.25) is 5.02 Å². The van der Waals surface area contributed by atoms with E-state index in [1.165, 1.54) is 16.2 Å². The van der Waals surface area contributed by atoms with Gasteiger partial charge in [-0.2, -0.15) is 0 Å². The molecule has 0 aliphatic carbocycles. The molecule has 25 heavy (non-hydrogen) atoms. The van der Waals surface area contributed by atoms with Crippen LogP contribution in [-0.2, 0) is 14.1 Å². The molecular weight excluding hydrogens is 363 g/mol. The fourth-order valence-electron chi connectivity index (χ4n) is 2.32. The summed E-state index contributed by atoms with van der Waals surface area (Å²) in [5.41, 5.74) is 0.733. The van der Waals surface area contributed by atoms with Gasteiger partial charge in [-0.1, -0.05) is 52.6 Å². The number of Topliss-reactive ketones (excluding diaryl/α,β-unsaturated/α-hetero) is 1. The van der Waals surface area contributed by atoms with Crippen LogP contribution in [0.4, 0.5) is 0 Å². The van der Waals surface area contributed by atoms with Crippen molar-refractivity contribution in [2.45, 2.75) is 12.8 Å². The van der Waals surface area contributed by atoms with Gasteiger partial charge in [-0.25, -0.2) is 0 Å². The molecule has 0 spiro atoms. The number of ketones is 1. The van der Waals surface area contributed by atoms with Gasteiger partial charge in [-0.05, 0) is 24.6 Å². The Balaban J connectivity index is 0.00000151. The van der Waals surface area contributed by atoms with Crippen molar-refractivity contribution in [3.63, 3.8) is 0 Å². The summed E-state index contributed by atoms with van der Waals surface area (Å²) in [4.78, 5) is 25.3. The smallest absolute Gasteiger partial charge is 0.321 e. The van der Waals surface area contributed by atoms with Crippen molar-refractivity contribution < 1.29 is 23.6 Å². The SMILES string of the molecule is CCOC(=O)C(C(=O)c1c(Cl)cccc1OC)c1ccccc1.O=[PH2+]. The van der Waals surface area contributed by atoms with E-state index in [0.717, 1.165) is 0 Å². The van der Waals surface area contributed by atoms with Crippen LogP contribution in [0.25, 0.3) is 0 Å². The normalized spacial score (nSPS) is 10.8. The summed E-state index contributed by atoms with van der Waals surface area (Å²) >= 11 is 6.16. The summed E-state index contributed by atoms with van der Waals surface area (Å²) < 4.78 is 18.5. The minimum absolute atomic E-state index is 0.179. The van der Waals surface area contributed by atoms with E-state index in [1.807, 2.05) is 6.07 Å². The van der Waals surface area contributed by atoms with E-state index in [9.17, 15) is 9.59 Å². The molecule has 0 aromatic heterocycles. The van der Waals surface area contributed by atoms with E-state index >= 15 is 0 Å². The number of carbonyl (C=O) groups is 2. The van der Waals surface area contributed by atoms with Gasteiger partial charge in [0.1, 0.15) is 11.7 Å². The van der Waals surface area contributed by atoms with Crippen molar-refractivity contribution in [1.29, 1.82) is 0 Å². The zero-order valence-corrected chi connectivity index (χ0v) is 15.8. The fourth-order valence-corrected chi connectivity index (χ4v) is 2.58. The average Bonchev–Trinajstić information content (AvgIpc) is 2.64. The number of benzene rings is 2. The minimum atomic E-state index is -1.08. The predicted octanol–water partition coefficient (Wildman–Crippen LogP) is 4.09. The minimum Gasteiger partial charge on any atom is -0.496 e. The standard InChI is InChI=1S/C18H17ClO4.H2OP/c1-3-23-18(21)15(12-8-5-4-6-9-12)17(20)16-13(19)10-7-11-14(16)22-2;1-2/h4-11,15H,3H2,1-2H3;2H2/q;+1. The predicted molar refractivity (Wildman–Crippen MR) is 98.5 cm³/mol. The number of carbonyl (C=O) groups excluding carboxylic acids is 2. The van der Waals surface area contributed by atoms with Crippen molar-refractivity contribution in [1.82, 2.24) is 0 Å². The molecule has 0 saturated heterocycles. The van der Waals surface area contributed by atoms with Gasteiger partial charge in [0, 0.05) is 0 Å². The molecule has 0 saturated carbocycles. The second-order valence-corrected chi connectivity index (χ2v) is 5.18. The lowest BCUT2D eigenvalue weighted by Crippen LogP contribution is -2.25. The first kappa shape index (κ1) is 20.8. The van der Waals surface area contributed by atoms with Gasteiger partial charge in [-0.3, -0.25) is 9.59 Å². The first-order valence-electron chi connectivity index (χ1n) is 7.42. The summed E-state index contributed by atoms with van der Waals surface area (Å²) in [6, 6.07) is 13.7. The molecule has 5 nitrogen and oxygen atoms in total. The zero-order chi connectivity index (χ0) is 18.8. The number of ether oxygens (including phenoxy) is 2. The third kappa shape index (κ3) is 5.12. The molecule has 0 fully saturated rings. The highest BCUT2D eigenvalue weighted by Crippen LogP contribution is 2.32. The van der Waals surface area contributed by atoms with Gasteiger partial charge in [0.2, 0.25) is 0 Å². The van der Waals surface area contributed by atoms with Crippen molar-refractivity contribution in [2.75, 3.05) is 13.7 Å². The number of esters is 1. The molecule has 0 radical (unpaired) electrons. The molecule has 2 atom stereocenters. The van der Waals surface area contributed by atoms with Crippen LogP contribution < -0.4 is 4.74 Å². The second-order valence-electron chi connectivity index (χ2n) is 4.78. The van der Waals surface area contributed by atoms with Gasteiger partial charge in [0.05, 0.1) is 24.3 Å². The van der Waals surface area contributed by atoms with Crippen LogP contribution >= 0.6 is 20.7 Å². The topological polar surface area (TPSA) is 69.7 Å². The Bertz CT molecular complexity index is 721. The maximum absolute atomic E-state index is 13.0. The monoisotopic (exact) mass is 381 g/mol. The van der Waals surface area contributed by atoms with Crippen LogP contribution in [-0.4, -0.2) is 25.5 Å². The van der Waals surface area contributed by atoms with E-state index in [0.29, 0.717) is 11.3 Å². The van der Waals surface area contributed by atoms with E-state index in [2.05, 4.69) is 0 Å². The third-order valence-electron chi connectivity index (χ3n) is 3.36. The van der Waals surface area contributed by atoms with E-state index in [1.54, 1.807) is 49.4 Å². The van der Waals surface area contributed by atoms with Crippen LogP contribution in [0.3, 0.4) is 0 Å². The summed E-state index contributed by atoms with van der Waals surface area (Å²) in [5, 5.41) is 0.236. The summed E-state index contributed by atoms with van der Waals surface area (Å²) in [5.74, 6) is -1.81. The van der Waals surface area contributed by atoms with Crippen LogP contribution in [0.5, 0.6) is 5.75 Å². The van der Waals surface area contributed by atoms with E-state index in [-0.39, 0.29) is 17.2 Å². The van der Waals surface area contributed by atoms with Gasteiger partial charge >= 0.3 is 15.1 Å². The summed E-state index contributed by atoms with van der Waals surface area (Å²) in [7, 11) is 2.62. The number of halogens is 1. The maximum Gasteiger partial charge on any atom is 0.321 e. The molecule has 2 rings (SSSR count). The first-order chi connectivity index (χ1) is 12.1. The molecule has 7 heteroatoms. The molecule has 2 aromatic rings. The van der Waals surface area contributed by atoms with E-state index < -0.39 is 17.7 Å². The summed E-state index contributed by atoms with van der Waals surface area (Å²) in [6.45, 7) is 1.88. The average molecular weight is 382 g/mol. The lowest BCUT2D eigenvalue weighted by atomic mass is 9.90. The van der Waals surface area contributed by atoms with Gasteiger partial charge < -0.3 is 9.47 Å². The number of hydrogen-bond donors (Lipinski definition) is 0. The Kier molecular flexibility index (Phi) is 8.82. The highest BCUT2D eigenvalue weighted by molar-refractivity contribution is 7.00. The number of hydrogen-bond acceptors (Lipinski definition) is 5. The number of rotatable bonds is 6. The lowest BCUT2D eigenvalue weighted by molar-refractivity contribution is -0.143. The Morgan fingerprint density at radius 3 is 2.28 bits per heavy atom. The van der Waals surface area contributed by atoms with Crippen LogP contribution in [0.1, 0.15) is 28.8 Å². The molecular formula is C18H19ClO5P+. The number of methoxy groups -OCH3 is 1. The van der Waals surface area contributed by atoms with Gasteiger partial charge in [-0.15, -0.1) is 0 Å². The molecule has 0 heterocycles. The van der Waals surface area contributed by atoms with Crippen molar-refractivity contribution >= 4 is 32.5 Å². The highest BCUT2D eigenvalue weighted by atomic mass is 35.5. The van der Waals surface area contributed by atoms with Gasteiger partial charge in [0.25, 0.3) is 0 Å². The van der Waals surface area contributed by atoms with Crippen molar-refractivity contribution in [3.05, 3.63) is 64.7 Å². The highest BCUT2D eigenvalue weighted by Gasteiger charge is 2.33. The van der Waals surface area contributed by atoms with Gasteiger partial charge in [0.15, 0.2) is 5.78 Å². The Hall–Kier alpha value is -2.23. The molecule has 132 valence electrons.